The molecule has 5 nitrogen and oxygen atoms in total. The third-order valence-electron chi connectivity index (χ3n) is 6.84. The van der Waals surface area contributed by atoms with Gasteiger partial charge in [-0.3, -0.25) is 9.59 Å². The second kappa shape index (κ2) is 12.4. The molecule has 0 atom stereocenters. The van der Waals surface area contributed by atoms with E-state index in [1.807, 2.05) is 72.1 Å². The molecule has 4 aromatic rings. The lowest BCUT2D eigenvalue weighted by Gasteiger charge is -2.29. The van der Waals surface area contributed by atoms with Crippen molar-refractivity contribution < 1.29 is 9.59 Å². The number of hydrogen-bond acceptors (Lipinski definition) is 4. The van der Waals surface area contributed by atoms with E-state index in [9.17, 15) is 9.59 Å². The number of likely N-dealkylation sites (tertiary alicyclic amines) is 1. The Labute approximate surface area is 227 Å². The van der Waals surface area contributed by atoms with Crippen LogP contribution in [0.2, 0.25) is 0 Å². The molecule has 6 heteroatoms. The molecule has 0 spiro atoms. The lowest BCUT2D eigenvalue weighted by Crippen LogP contribution is -2.37. The summed E-state index contributed by atoms with van der Waals surface area (Å²) in [6, 6.07) is 30.0. The Balaban J connectivity index is 1.16. The smallest absolute Gasteiger partial charge is 0.298 e. The number of hydrogen-bond donors (Lipinski definition) is 1. The molecule has 0 saturated carbocycles. The minimum absolute atomic E-state index is 0.0614. The van der Waals surface area contributed by atoms with Gasteiger partial charge in [-0.15, -0.1) is 11.3 Å². The Morgan fingerprint density at radius 3 is 2.08 bits per heavy atom. The molecule has 1 N–H and O–H groups in total. The van der Waals surface area contributed by atoms with Crippen molar-refractivity contribution in [3.05, 3.63) is 124 Å². The van der Waals surface area contributed by atoms with Crippen LogP contribution in [0.3, 0.4) is 0 Å². The van der Waals surface area contributed by atoms with Crippen molar-refractivity contribution in [1.82, 2.24) is 15.2 Å². The van der Waals surface area contributed by atoms with Crippen LogP contribution >= 0.6 is 11.3 Å². The predicted octanol–water partition coefficient (Wildman–Crippen LogP) is 5.46. The fraction of sp³-hybridized carbons (Fsp3) is 0.219. The number of benzene rings is 3. The number of nitrogens with zero attached hydrogens (tertiary/aromatic N) is 2. The van der Waals surface area contributed by atoms with Crippen molar-refractivity contribution >= 4 is 23.2 Å². The van der Waals surface area contributed by atoms with Crippen molar-refractivity contribution in [3.63, 3.8) is 0 Å². The second-order valence-corrected chi connectivity index (χ2v) is 10.2. The van der Waals surface area contributed by atoms with E-state index in [1.165, 1.54) is 11.3 Å². The average Bonchev–Trinajstić information content (AvgIpc) is 3.48. The molecule has 1 aromatic heterocycles. The van der Waals surface area contributed by atoms with Gasteiger partial charge in [-0.1, -0.05) is 84.8 Å². The lowest BCUT2D eigenvalue weighted by atomic mass is 9.91. The van der Waals surface area contributed by atoms with E-state index in [0.29, 0.717) is 25.3 Å². The number of carbonyl (C=O) groups is 2. The van der Waals surface area contributed by atoms with Gasteiger partial charge in [-0.05, 0) is 36.1 Å². The highest BCUT2D eigenvalue weighted by Gasteiger charge is 2.26. The predicted molar refractivity (Wildman–Crippen MR) is 151 cm³/mol. The van der Waals surface area contributed by atoms with E-state index < -0.39 is 0 Å². The van der Waals surface area contributed by atoms with Crippen LogP contribution in [0.1, 0.15) is 56.9 Å². The Hall–Kier alpha value is -4.21. The summed E-state index contributed by atoms with van der Waals surface area (Å²) < 4.78 is 0. The van der Waals surface area contributed by atoms with E-state index in [-0.39, 0.29) is 23.7 Å². The van der Waals surface area contributed by atoms with Crippen LogP contribution in [0, 0.1) is 11.8 Å². The van der Waals surface area contributed by atoms with Crippen LogP contribution in [0.15, 0.2) is 96.4 Å². The molecular formula is C32H29N3O2S. The summed E-state index contributed by atoms with van der Waals surface area (Å²) >= 11 is 1.53. The summed E-state index contributed by atoms with van der Waals surface area (Å²) in [4.78, 5) is 32.0. The fourth-order valence-electron chi connectivity index (χ4n) is 4.72. The normalized spacial score (nSPS) is 13.6. The average molecular weight is 520 g/mol. The third-order valence-corrected chi connectivity index (χ3v) is 7.85. The Bertz CT molecular complexity index is 1380. The van der Waals surface area contributed by atoms with Crippen LogP contribution in [0.25, 0.3) is 0 Å². The maximum absolute atomic E-state index is 13.0. The van der Waals surface area contributed by atoms with E-state index in [1.54, 1.807) is 4.90 Å². The molecule has 0 unspecified atom stereocenters. The molecule has 190 valence electrons. The summed E-state index contributed by atoms with van der Waals surface area (Å²) in [5.41, 5.74) is 3.61. The van der Waals surface area contributed by atoms with E-state index >= 15 is 0 Å². The minimum atomic E-state index is -0.159. The van der Waals surface area contributed by atoms with Gasteiger partial charge in [-0.25, -0.2) is 4.98 Å². The van der Waals surface area contributed by atoms with Gasteiger partial charge in [0.2, 0.25) is 0 Å². The zero-order valence-electron chi connectivity index (χ0n) is 21.0. The summed E-state index contributed by atoms with van der Waals surface area (Å²) in [6.07, 6.45) is 1.63. The van der Waals surface area contributed by atoms with E-state index in [2.05, 4.69) is 46.4 Å². The standard InChI is InChI=1S/C32H29N3O2S/c36-30(17-16-24-10-4-1-5-11-24)35-20-18-27(19-21-35)32-34-29(23-38-32)31(37)33-22-28(25-12-6-2-7-13-25)26-14-8-3-9-15-26/h1-15,23,27-28H,18-22H2,(H,33,37). The quantitative estimate of drug-likeness (QED) is 0.344. The van der Waals surface area contributed by atoms with Gasteiger partial charge in [0.15, 0.2) is 0 Å². The first-order chi connectivity index (χ1) is 18.7. The lowest BCUT2D eigenvalue weighted by molar-refractivity contribution is -0.126. The van der Waals surface area contributed by atoms with Crippen LogP contribution in [0.5, 0.6) is 0 Å². The van der Waals surface area contributed by atoms with Crippen molar-refractivity contribution in [2.45, 2.75) is 24.7 Å². The molecule has 1 aliphatic rings. The van der Waals surface area contributed by atoms with Crippen molar-refractivity contribution in [2.75, 3.05) is 19.6 Å². The van der Waals surface area contributed by atoms with Gasteiger partial charge in [0.1, 0.15) is 5.69 Å². The molecule has 0 radical (unpaired) electrons. The fourth-order valence-corrected chi connectivity index (χ4v) is 5.69. The van der Waals surface area contributed by atoms with Gasteiger partial charge in [0, 0.05) is 48.3 Å². The van der Waals surface area contributed by atoms with E-state index in [0.717, 1.165) is 34.5 Å². The summed E-state index contributed by atoms with van der Waals surface area (Å²) in [6.45, 7) is 1.78. The minimum Gasteiger partial charge on any atom is -0.350 e. The largest absolute Gasteiger partial charge is 0.350 e. The molecule has 5 rings (SSSR count). The molecule has 1 fully saturated rings. The first-order valence-electron chi connectivity index (χ1n) is 12.9. The molecule has 2 heterocycles. The SMILES string of the molecule is O=C(NCC(c1ccccc1)c1ccccc1)c1csc(C2CCN(C(=O)C#Cc3ccccc3)CC2)n1. The molecule has 1 saturated heterocycles. The van der Waals surface area contributed by atoms with Crippen LogP contribution in [-0.2, 0) is 4.79 Å². The first kappa shape index (κ1) is 25.4. The summed E-state index contributed by atoms with van der Waals surface area (Å²) in [7, 11) is 0. The van der Waals surface area contributed by atoms with Crippen molar-refractivity contribution in [3.8, 4) is 11.8 Å². The zero-order valence-corrected chi connectivity index (χ0v) is 21.9. The van der Waals surface area contributed by atoms with E-state index in [4.69, 9.17) is 0 Å². The molecule has 1 aliphatic heterocycles. The monoisotopic (exact) mass is 519 g/mol. The highest BCUT2D eigenvalue weighted by Crippen LogP contribution is 2.30. The summed E-state index contributed by atoms with van der Waals surface area (Å²) in [5, 5.41) is 5.90. The Morgan fingerprint density at radius 1 is 0.895 bits per heavy atom. The van der Waals surface area contributed by atoms with Crippen LogP contribution < -0.4 is 5.32 Å². The topological polar surface area (TPSA) is 62.3 Å². The number of piperidine rings is 1. The molecule has 0 bridgehead atoms. The molecule has 0 aliphatic carbocycles. The number of amides is 2. The number of thiazole rings is 1. The maximum Gasteiger partial charge on any atom is 0.298 e. The molecule has 2 amide bonds. The van der Waals surface area contributed by atoms with Gasteiger partial charge < -0.3 is 10.2 Å². The zero-order chi connectivity index (χ0) is 26.2. The number of rotatable bonds is 6. The van der Waals surface area contributed by atoms with Crippen molar-refractivity contribution in [2.24, 2.45) is 0 Å². The van der Waals surface area contributed by atoms with Crippen LogP contribution in [-0.4, -0.2) is 41.3 Å². The second-order valence-electron chi connectivity index (χ2n) is 9.34. The molecule has 3 aromatic carbocycles. The van der Waals surface area contributed by atoms with Crippen LogP contribution in [0.4, 0.5) is 0 Å². The highest BCUT2D eigenvalue weighted by molar-refractivity contribution is 7.09. The van der Waals surface area contributed by atoms with Gasteiger partial charge in [0.05, 0.1) is 5.01 Å². The Morgan fingerprint density at radius 2 is 1.47 bits per heavy atom. The molecule has 38 heavy (non-hydrogen) atoms. The number of aromatic nitrogens is 1. The van der Waals surface area contributed by atoms with Gasteiger partial charge >= 0.3 is 0 Å². The van der Waals surface area contributed by atoms with Gasteiger partial charge in [-0.2, -0.15) is 0 Å². The Kier molecular flexibility index (Phi) is 8.27. The maximum atomic E-state index is 13.0. The van der Waals surface area contributed by atoms with Gasteiger partial charge in [0.25, 0.3) is 11.8 Å². The number of nitrogens with one attached hydrogen (secondary N) is 1. The first-order valence-corrected chi connectivity index (χ1v) is 13.7. The number of carbonyl (C=O) groups excluding carboxylic acids is 2. The van der Waals surface area contributed by atoms with Crippen molar-refractivity contribution in [1.29, 1.82) is 0 Å². The molecular weight excluding hydrogens is 490 g/mol. The third kappa shape index (κ3) is 6.37. The highest BCUT2D eigenvalue weighted by atomic mass is 32.1. The summed E-state index contributed by atoms with van der Waals surface area (Å²) in [5.74, 6) is 5.71.